The van der Waals surface area contributed by atoms with Crippen molar-refractivity contribution in [2.24, 2.45) is 4.99 Å². The van der Waals surface area contributed by atoms with Crippen molar-refractivity contribution in [2.75, 3.05) is 19.6 Å². The number of aromatic nitrogens is 1. The number of hydrogen-bond donors (Lipinski definition) is 3. The minimum absolute atomic E-state index is 0.132. The van der Waals surface area contributed by atoms with Gasteiger partial charge in [0.15, 0.2) is 5.96 Å². The molecule has 24 heavy (non-hydrogen) atoms. The second kappa shape index (κ2) is 8.64. The van der Waals surface area contributed by atoms with Gasteiger partial charge in [-0.25, -0.2) is 4.99 Å². The molecule has 2 rings (SSSR count). The van der Waals surface area contributed by atoms with E-state index in [0.717, 1.165) is 36.5 Å². The number of nitrogens with one attached hydrogen (secondary N) is 3. The summed E-state index contributed by atoms with van der Waals surface area (Å²) in [4.78, 5) is 9.11. The molecule has 0 bridgehead atoms. The molecule has 130 valence electrons. The molecule has 0 saturated carbocycles. The van der Waals surface area contributed by atoms with E-state index >= 15 is 0 Å². The van der Waals surface area contributed by atoms with E-state index in [1.807, 2.05) is 30.5 Å². The van der Waals surface area contributed by atoms with Crippen LogP contribution in [0.2, 0.25) is 0 Å². The maximum atomic E-state index is 4.71. The molecular weight excluding hydrogens is 298 g/mol. The van der Waals surface area contributed by atoms with Crippen LogP contribution in [-0.2, 0) is 6.54 Å². The zero-order chi connectivity index (χ0) is 17.4. The van der Waals surface area contributed by atoms with Crippen molar-refractivity contribution in [1.82, 2.24) is 20.9 Å². The lowest BCUT2D eigenvalue weighted by atomic mass is 10.1. The van der Waals surface area contributed by atoms with Crippen LogP contribution in [0.25, 0.3) is 10.9 Å². The van der Waals surface area contributed by atoms with Crippen molar-refractivity contribution in [3.63, 3.8) is 0 Å². The normalized spacial score (nSPS) is 12.4. The highest BCUT2D eigenvalue weighted by atomic mass is 15.2. The van der Waals surface area contributed by atoms with Crippen LogP contribution in [0.5, 0.6) is 0 Å². The van der Waals surface area contributed by atoms with E-state index in [0.29, 0.717) is 6.54 Å². The maximum absolute atomic E-state index is 4.71. The molecule has 0 fully saturated rings. The van der Waals surface area contributed by atoms with E-state index in [1.165, 1.54) is 5.56 Å². The van der Waals surface area contributed by atoms with Gasteiger partial charge in [-0.05, 0) is 45.4 Å². The fraction of sp³-hybridized carbons (Fsp3) is 0.474. The van der Waals surface area contributed by atoms with Gasteiger partial charge in [0.1, 0.15) is 0 Å². The van der Waals surface area contributed by atoms with Gasteiger partial charge in [0.2, 0.25) is 0 Å². The number of para-hydroxylation sites is 1. The number of rotatable bonds is 6. The van der Waals surface area contributed by atoms with Crippen LogP contribution in [0, 0.1) is 0 Å². The summed E-state index contributed by atoms with van der Waals surface area (Å²) in [5.74, 6) is 0.842. The quantitative estimate of drug-likeness (QED) is 0.434. The number of hydrogen-bond acceptors (Lipinski definition) is 3. The van der Waals surface area contributed by atoms with Crippen molar-refractivity contribution in [1.29, 1.82) is 0 Å². The Kier molecular flexibility index (Phi) is 6.55. The van der Waals surface area contributed by atoms with E-state index in [2.05, 4.69) is 54.7 Å². The third-order valence-electron chi connectivity index (χ3n) is 3.56. The highest BCUT2D eigenvalue weighted by Crippen LogP contribution is 2.16. The van der Waals surface area contributed by atoms with Crippen LogP contribution in [0.4, 0.5) is 0 Å². The van der Waals surface area contributed by atoms with E-state index in [9.17, 15) is 0 Å². The number of pyridine rings is 1. The van der Waals surface area contributed by atoms with E-state index in [4.69, 9.17) is 4.99 Å². The molecule has 1 aromatic carbocycles. The van der Waals surface area contributed by atoms with Crippen molar-refractivity contribution < 1.29 is 0 Å². The van der Waals surface area contributed by atoms with Gasteiger partial charge in [0, 0.05) is 36.8 Å². The number of guanidine groups is 1. The summed E-state index contributed by atoms with van der Waals surface area (Å²) in [6.45, 7) is 11.8. The Morgan fingerprint density at radius 2 is 1.88 bits per heavy atom. The summed E-state index contributed by atoms with van der Waals surface area (Å²) in [6.07, 6.45) is 1.85. The second-order valence-corrected chi connectivity index (χ2v) is 6.79. The van der Waals surface area contributed by atoms with E-state index < -0.39 is 0 Å². The summed E-state index contributed by atoms with van der Waals surface area (Å²) in [6, 6.07) is 10.2. The molecule has 5 heteroatoms. The average Bonchev–Trinajstić information content (AvgIpc) is 2.55. The van der Waals surface area contributed by atoms with Gasteiger partial charge in [-0.15, -0.1) is 0 Å². The molecule has 0 aliphatic rings. The highest BCUT2D eigenvalue weighted by Gasteiger charge is 2.07. The number of nitrogens with zero attached hydrogens (tertiary/aromatic N) is 2. The predicted octanol–water partition coefficient (Wildman–Crippen LogP) is 2.68. The standard InChI is InChI=1S/C19H29N5/c1-5-20-18(22-12-13-24-19(2,3)4)23-14-15-10-11-21-17-9-7-6-8-16(15)17/h6-11,24H,5,12-14H2,1-4H3,(H2,20,22,23). The molecule has 0 atom stereocenters. The lowest BCUT2D eigenvalue weighted by Crippen LogP contribution is -2.44. The van der Waals surface area contributed by atoms with Gasteiger partial charge in [0.05, 0.1) is 12.1 Å². The van der Waals surface area contributed by atoms with Crippen molar-refractivity contribution in [2.45, 2.75) is 39.8 Å². The summed E-state index contributed by atoms with van der Waals surface area (Å²) in [5.41, 5.74) is 2.33. The summed E-state index contributed by atoms with van der Waals surface area (Å²) >= 11 is 0. The minimum Gasteiger partial charge on any atom is -0.357 e. The highest BCUT2D eigenvalue weighted by molar-refractivity contribution is 5.83. The fourth-order valence-electron chi connectivity index (χ4n) is 2.42. The van der Waals surface area contributed by atoms with Gasteiger partial charge < -0.3 is 16.0 Å². The molecule has 0 radical (unpaired) electrons. The van der Waals surface area contributed by atoms with Gasteiger partial charge in [-0.3, -0.25) is 4.98 Å². The minimum atomic E-state index is 0.132. The molecule has 1 heterocycles. The summed E-state index contributed by atoms with van der Waals surface area (Å²) in [7, 11) is 0. The SMILES string of the molecule is CCNC(=NCc1ccnc2ccccc12)NCCNC(C)(C)C. The largest absolute Gasteiger partial charge is 0.357 e. The second-order valence-electron chi connectivity index (χ2n) is 6.79. The first-order chi connectivity index (χ1) is 11.5. The van der Waals surface area contributed by atoms with Crippen LogP contribution >= 0.6 is 0 Å². The van der Waals surface area contributed by atoms with Crippen LogP contribution < -0.4 is 16.0 Å². The summed E-state index contributed by atoms with van der Waals surface area (Å²) < 4.78 is 0. The number of benzene rings is 1. The predicted molar refractivity (Wildman–Crippen MR) is 102 cm³/mol. The van der Waals surface area contributed by atoms with Crippen molar-refractivity contribution in [3.05, 3.63) is 42.1 Å². The zero-order valence-electron chi connectivity index (χ0n) is 15.2. The molecule has 2 aromatic rings. The molecule has 3 N–H and O–H groups in total. The molecule has 1 aromatic heterocycles. The molecule has 0 aliphatic carbocycles. The Balaban J connectivity index is 1.99. The third-order valence-corrected chi connectivity index (χ3v) is 3.56. The van der Waals surface area contributed by atoms with Crippen LogP contribution in [-0.4, -0.2) is 36.1 Å². The summed E-state index contributed by atoms with van der Waals surface area (Å²) in [5, 5.41) is 11.3. The van der Waals surface area contributed by atoms with Crippen LogP contribution in [0.15, 0.2) is 41.5 Å². The Morgan fingerprint density at radius 1 is 1.08 bits per heavy atom. The van der Waals surface area contributed by atoms with E-state index in [1.54, 1.807) is 0 Å². The fourth-order valence-corrected chi connectivity index (χ4v) is 2.42. The molecule has 0 unspecified atom stereocenters. The van der Waals surface area contributed by atoms with Crippen molar-refractivity contribution in [3.8, 4) is 0 Å². The smallest absolute Gasteiger partial charge is 0.191 e. The zero-order valence-corrected chi connectivity index (χ0v) is 15.2. The Labute approximate surface area is 145 Å². The maximum Gasteiger partial charge on any atom is 0.191 e. The lowest BCUT2D eigenvalue weighted by molar-refractivity contribution is 0.428. The number of fused-ring (bicyclic) bond motifs is 1. The first-order valence-corrected chi connectivity index (χ1v) is 8.59. The van der Waals surface area contributed by atoms with Gasteiger partial charge in [0.25, 0.3) is 0 Å². The first kappa shape index (κ1) is 18.2. The monoisotopic (exact) mass is 327 g/mol. The molecule has 0 aliphatic heterocycles. The van der Waals surface area contributed by atoms with E-state index in [-0.39, 0.29) is 5.54 Å². The van der Waals surface area contributed by atoms with Crippen molar-refractivity contribution >= 4 is 16.9 Å². The molecular formula is C19H29N5. The first-order valence-electron chi connectivity index (χ1n) is 8.59. The average molecular weight is 327 g/mol. The van der Waals surface area contributed by atoms with Gasteiger partial charge >= 0.3 is 0 Å². The van der Waals surface area contributed by atoms with Gasteiger partial charge in [-0.2, -0.15) is 0 Å². The molecule has 5 nitrogen and oxygen atoms in total. The third kappa shape index (κ3) is 5.81. The molecule has 0 amide bonds. The van der Waals surface area contributed by atoms with Crippen LogP contribution in [0.1, 0.15) is 33.3 Å². The Bertz CT molecular complexity index is 668. The van der Waals surface area contributed by atoms with Gasteiger partial charge in [-0.1, -0.05) is 18.2 Å². The van der Waals surface area contributed by atoms with Crippen LogP contribution in [0.3, 0.4) is 0 Å². The lowest BCUT2D eigenvalue weighted by Gasteiger charge is -2.21. The molecule has 0 saturated heterocycles. The Morgan fingerprint density at radius 3 is 2.62 bits per heavy atom. The number of aliphatic imine (C=N–C) groups is 1. The Hall–Kier alpha value is -2.14. The topological polar surface area (TPSA) is 61.3 Å². The molecule has 0 spiro atoms.